The van der Waals surface area contributed by atoms with E-state index in [4.69, 9.17) is 5.73 Å². The van der Waals surface area contributed by atoms with Gasteiger partial charge in [-0.2, -0.15) is 13.2 Å². The molecule has 0 unspecified atom stereocenters. The van der Waals surface area contributed by atoms with E-state index in [0.29, 0.717) is 6.07 Å². The molecule has 7 heteroatoms. The molecule has 0 aliphatic rings. The summed E-state index contributed by atoms with van der Waals surface area (Å²) in [5, 5.41) is 3.26. The number of anilines is 1. The molecule has 2 aromatic rings. The number of nitrogens with zero attached hydrogens (tertiary/aromatic N) is 1. The van der Waals surface area contributed by atoms with Crippen LogP contribution in [0.4, 0.5) is 23.4 Å². The SMILES string of the molecule is Nc1cc(-c2cc(F)ccc2C(F)(F)F)on1. The second-order valence-electron chi connectivity index (χ2n) is 3.30. The Morgan fingerprint density at radius 1 is 1.18 bits per heavy atom. The third-order valence-electron chi connectivity index (χ3n) is 2.08. The molecule has 1 heterocycles. The summed E-state index contributed by atoms with van der Waals surface area (Å²) in [6.07, 6.45) is -4.61. The van der Waals surface area contributed by atoms with Gasteiger partial charge in [0.25, 0.3) is 0 Å². The van der Waals surface area contributed by atoms with Gasteiger partial charge in [0.05, 0.1) is 5.56 Å². The van der Waals surface area contributed by atoms with E-state index in [1.165, 1.54) is 0 Å². The van der Waals surface area contributed by atoms with E-state index in [1.807, 2.05) is 0 Å². The van der Waals surface area contributed by atoms with E-state index >= 15 is 0 Å². The van der Waals surface area contributed by atoms with Crippen molar-refractivity contribution in [1.29, 1.82) is 0 Å². The lowest BCUT2D eigenvalue weighted by Gasteiger charge is -2.10. The summed E-state index contributed by atoms with van der Waals surface area (Å²) in [6, 6.07) is 3.20. The average Bonchev–Trinajstić information content (AvgIpc) is 2.62. The molecule has 0 aliphatic carbocycles. The van der Waals surface area contributed by atoms with Gasteiger partial charge in [-0.3, -0.25) is 0 Å². The first-order chi connectivity index (χ1) is 7.88. The van der Waals surface area contributed by atoms with Crippen LogP contribution < -0.4 is 5.73 Å². The first kappa shape index (κ1) is 11.4. The number of hydrogen-bond donors (Lipinski definition) is 1. The summed E-state index contributed by atoms with van der Waals surface area (Å²) in [6.45, 7) is 0. The monoisotopic (exact) mass is 246 g/mol. The molecule has 0 radical (unpaired) electrons. The Morgan fingerprint density at radius 3 is 2.41 bits per heavy atom. The third kappa shape index (κ3) is 2.22. The summed E-state index contributed by atoms with van der Waals surface area (Å²) in [7, 11) is 0. The van der Waals surface area contributed by atoms with Gasteiger partial charge in [0.15, 0.2) is 11.6 Å². The van der Waals surface area contributed by atoms with Gasteiger partial charge in [0.1, 0.15) is 5.82 Å². The highest BCUT2D eigenvalue weighted by Crippen LogP contribution is 2.37. The zero-order valence-corrected chi connectivity index (χ0v) is 8.25. The van der Waals surface area contributed by atoms with Crippen molar-refractivity contribution >= 4 is 5.82 Å². The van der Waals surface area contributed by atoms with Crippen LogP contribution in [0.15, 0.2) is 28.8 Å². The number of hydrogen-bond acceptors (Lipinski definition) is 3. The van der Waals surface area contributed by atoms with Crippen molar-refractivity contribution in [2.45, 2.75) is 6.18 Å². The highest BCUT2D eigenvalue weighted by molar-refractivity contribution is 5.65. The second kappa shape index (κ2) is 3.76. The first-order valence-corrected chi connectivity index (χ1v) is 4.47. The van der Waals surface area contributed by atoms with Gasteiger partial charge in [0.2, 0.25) is 0 Å². The fourth-order valence-corrected chi connectivity index (χ4v) is 1.38. The molecule has 1 aromatic carbocycles. The molecule has 1 aromatic heterocycles. The Kier molecular flexibility index (Phi) is 2.53. The van der Waals surface area contributed by atoms with Crippen LogP contribution in [0.1, 0.15) is 5.56 Å². The number of nitrogens with two attached hydrogens (primary N) is 1. The molecule has 90 valence electrons. The minimum Gasteiger partial charge on any atom is -0.381 e. The molecule has 0 amide bonds. The molecular formula is C10H6F4N2O. The van der Waals surface area contributed by atoms with E-state index in [2.05, 4.69) is 9.68 Å². The van der Waals surface area contributed by atoms with Crippen molar-refractivity contribution in [2.24, 2.45) is 0 Å². The largest absolute Gasteiger partial charge is 0.417 e. The van der Waals surface area contributed by atoms with Crippen LogP contribution in [-0.4, -0.2) is 5.16 Å². The number of nitrogen functional groups attached to an aromatic ring is 1. The fourth-order valence-electron chi connectivity index (χ4n) is 1.38. The van der Waals surface area contributed by atoms with Crippen LogP contribution in [0.3, 0.4) is 0 Å². The zero-order valence-electron chi connectivity index (χ0n) is 8.25. The Labute approximate surface area is 92.8 Å². The number of halogens is 4. The van der Waals surface area contributed by atoms with Crippen LogP contribution in [0, 0.1) is 5.82 Å². The Bertz CT molecular complexity index is 547. The van der Waals surface area contributed by atoms with Crippen LogP contribution in [0.2, 0.25) is 0 Å². The first-order valence-electron chi connectivity index (χ1n) is 4.47. The molecule has 0 fully saturated rings. The molecule has 3 nitrogen and oxygen atoms in total. The van der Waals surface area contributed by atoms with E-state index in [9.17, 15) is 17.6 Å². The molecule has 0 bridgehead atoms. The highest BCUT2D eigenvalue weighted by atomic mass is 19.4. The summed E-state index contributed by atoms with van der Waals surface area (Å²) >= 11 is 0. The van der Waals surface area contributed by atoms with Crippen molar-refractivity contribution < 1.29 is 22.1 Å². The summed E-state index contributed by atoms with van der Waals surface area (Å²) in [5.74, 6) is -1.10. The average molecular weight is 246 g/mol. The number of alkyl halides is 3. The molecule has 0 aliphatic heterocycles. The topological polar surface area (TPSA) is 52.0 Å². The maximum absolute atomic E-state index is 13.0. The van der Waals surface area contributed by atoms with Gasteiger partial charge < -0.3 is 10.3 Å². The smallest absolute Gasteiger partial charge is 0.381 e. The lowest BCUT2D eigenvalue weighted by molar-refractivity contribution is -0.137. The predicted molar refractivity (Wildman–Crippen MR) is 51.3 cm³/mol. The van der Waals surface area contributed by atoms with Gasteiger partial charge in [-0.1, -0.05) is 5.16 Å². The standard InChI is InChI=1S/C10H6F4N2O/c11-5-1-2-7(10(12,13)14)6(3-5)8-4-9(15)16-17-8/h1-4H,(H2,15,16). The quantitative estimate of drug-likeness (QED) is 0.786. The molecular weight excluding hydrogens is 240 g/mol. The molecule has 0 spiro atoms. The number of aromatic nitrogens is 1. The van der Waals surface area contributed by atoms with Crippen LogP contribution >= 0.6 is 0 Å². The van der Waals surface area contributed by atoms with E-state index in [0.717, 1.165) is 18.2 Å². The van der Waals surface area contributed by atoms with Crippen LogP contribution in [-0.2, 0) is 6.18 Å². The Hall–Kier alpha value is -2.05. The highest BCUT2D eigenvalue weighted by Gasteiger charge is 2.34. The van der Waals surface area contributed by atoms with Gasteiger partial charge in [0, 0.05) is 11.6 Å². The van der Waals surface area contributed by atoms with Crippen molar-refractivity contribution in [3.8, 4) is 11.3 Å². The molecule has 2 N–H and O–H groups in total. The predicted octanol–water partition coefficient (Wildman–Crippen LogP) is 3.08. The molecule has 0 atom stereocenters. The van der Waals surface area contributed by atoms with Gasteiger partial charge in [-0.15, -0.1) is 0 Å². The van der Waals surface area contributed by atoms with E-state index in [-0.39, 0.29) is 11.6 Å². The lowest BCUT2D eigenvalue weighted by atomic mass is 10.0. The second-order valence-corrected chi connectivity index (χ2v) is 3.30. The minimum atomic E-state index is -4.61. The zero-order chi connectivity index (χ0) is 12.6. The molecule has 0 saturated carbocycles. The Morgan fingerprint density at radius 2 is 1.88 bits per heavy atom. The number of rotatable bonds is 1. The molecule has 17 heavy (non-hydrogen) atoms. The summed E-state index contributed by atoms with van der Waals surface area (Å²) < 4.78 is 55.5. The minimum absolute atomic E-state index is 0.0719. The van der Waals surface area contributed by atoms with E-state index < -0.39 is 23.1 Å². The van der Waals surface area contributed by atoms with Crippen molar-refractivity contribution in [1.82, 2.24) is 5.16 Å². The van der Waals surface area contributed by atoms with Gasteiger partial charge in [-0.25, -0.2) is 4.39 Å². The van der Waals surface area contributed by atoms with Crippen LogP contribution in [0.5, 0.6) is 0 Å². The van der Waals surface area contributed by atoms with E-state index in [1.54, 1.807) is 0 Å². The number of benzene rings is 1. The van der Waals surface area contributed by atoms with Gasteiger partial charge >= 0.3 is 6.18 Å². The van der Waals surface area contributed by atoms with Gasteiger partial charge in [-0.05, 0) is 18.2 Å². The van der Waals surface area contributed by atoms with Crippen molar-refractivity contribution in [3.05, 3.63) is 35.6 Å². The molecule has 2 rings (SSSR count). The van der Waals surface area contributed by atoms with Crippen molar-refractivity contribution in [3.63, 3.8) is 0 Å². The maximum Gasteiger partial charge on any atom is 0.417 e. The summed E-state index contributed by atoms with van der Waals surface area (Å²) in [5.41, 5.74) is 3.80. The van der Waals surface area contributed by atoms with Crippen molar-refractivity contribution in [2.75, 3.05) is 5.73 Å². The summed E-state index contributed by atoms with van der Waals surface area (Å²) in [4.78, 5) is 0. The lowest BCUT2D eigenvalue weighted by Crippen LogP contribution is -2.07. The normalized spacial score (nSPS) is 11.8. The fraction of sp³-hybridized carbons (Fsp3) is 0.100. The van der Waals surface area contributed by atoms with Crippen LogP contribution in [0.25, 0.3) is 11.3 Å². The third-order valence-corrected chi connectivity index (χ3v) is 2.08. The molecule has 0 saturated heterocycles. The maximum atomic E-state index is 13.0. The Balaban J connectivity index is 2.63.